The summed E-state index contributed by atoms with van der Waals surface area (Å²) >= 11 is 3.27. The van der Waals surface area contributed by atoms with Crippen LogP contribution < -0.4 is 0 Å². The molecule has 1 nitrogen and oxygen atoms in total. The average Bonchev–Trinajstić information content (AvgIpc) is 1.83. The number of phenols is 1. The molecule has 1 rings (SSSR count). The average molecular weight is 186 g/mol. The van der Waals surface area contributed by atoms with E-state index in [9.17, 15) is 0 Å². The highest BCUT2D eigenvalue weighted by atomic mass is 79.9. The maximum atomic E-state index is 9.01. The molecule has 0 aromatic heterocycles. The van der Waals surface area contributed by atoms with Gasteiger partial charge >= 0.3 is 0 Å². The van der Waals surface area contributed by atoms with Gasteiger partial charge in [-0.25, -0.2) is 0 Å². The summed E-state index contributed by atoms with van der Waals surface area (Å²) in [6.45, 7) is 1.83. The molecule has 0 heterocycles. The third-order valence-corrected chi connectivity index (χ3v) is 2.02. The zero-order chi connectivity index (χ0) is 6.85. The second-order valence-electron chi connectivity index (χ2n) is 1.80. The van der Waals surface area contributed by atoms with Crippen molar-refractivity contribution in [2.45, 2.75) is 6.92 Å². The second kappa shape index (κ2) is 2.40. The number of benzene rings is 1. The van der Waals surface area contributed by atoms with Crippen LogP contribution in [0, 0.1) is 13.0 Å². The molecule has 1 aromatic rings. The van der Waals surface area contributed by atoms with E-state index < -0.39 is 0 Å². The summed E-state index contributed by atoms with van der Waals surface area (Å²) in [5.74, 6) is 0.212. The van der Waals surface area contributed by atoms with Gasteiger partial charge in [-0.2, -0.15) is 0 Å². The summed E-state index contributed by atoms with van der Waals surface area (Å²) in [6, 6.07) is 6.18. The SMILES string of the molecule is Cc1c(O)[c]ccc1Br. The van der Waals surface area contributed by atoms with E-state index in [1.165, 1.54) is 0 Å². The van der Waals surface area contributed by atoms with E-state index in [-0.39, 0.29) is 5.75 Å². The third-order valence-electron chi connectivity index (χ3n) is 1.16. The Labute approximate surface area is 62.5 Å². The molecule has 1 N–H and O–H groups in total. The highest BCUT2D eigenvalue weighted by molar-refractivity contribution is 9.10. The molecule has 0 bridgehead atoms. The highest BCUT2D eigenvalue weighted by Crippen LogP contribution is 2.22. The molecule has 0 aliphatic carbocycles. The van der Waals surface area contributed by atoms with Crippen molar-refractivity contribution in [3.8, 4) is 5.75 Å². The van der Waals surface area contributed by atoms with E-state index >= 15 is 0 Å². The number of hydrogen-bond acceptors (Lipinski definition) is 1. The first-order valence-electron chi connectivity index (χ1n) is 2.57. The fourth-order valence-corrected chi connectivity index (χ4v) is 0.860. The predicted molar refractivity (Wildman–Crippen MR) is 39.4 cm³/mol. The van der Waals surface area contributed by atoms with Crippen molar-refractivity contribution in [2.75, 3.05) is 0 Å². The van der Waals surface area contributed by atoms with Crippen molar-refractivity contribution in [1.29, 1.82) is 0 Å². The normalized spacial score (nSPS) is 9.56. The predicted octanol–water partition coefficient (Wildman–Crippen LogP) is 2.26. The number of aromatic hydroxyl groups is 1. The van der Waals surface area contributed by atoms with Crippen molar-refractivity contribution in [1.82, 2.24) is 0 Å². The number of hydrogen-bond donors (Lipinski definition) is 1. The van der Waals surface area contributed by atoms with Crippen LogP contribution in [0.1, 0.15) is 5.56 Å². The van der Waals surface area contributed by atoms with E-state index in [1.54, 1.807) is 6.07 Å². The van der Waals surface area contributed by atoms with Crippen molar-refractivity contribution >= 4 is 15.9 Å². The Bertz CT molecular complexity index is 200. The fourth-order valence-electron chi connectivity index (χ4n) is 0.540. The molecule has 0 aliphatic heterocycles. The van der Waals surface area contributed by atoms with Gasteiger partial charge in [-0.1, -0.05) is 15.9 Å². The molecule has 0 saturated carbocycles. The van der Waals surface area contributed by atoms with Gasteiger partial charge in [-0.05, 0) is 19.1 Å². The highest BCUT2D eigenvalue weighted by Gasteiger charge is 1.96. The van der Waals surface area contributed by atoms with Gasteiger partial charge in [0.25, 0.3) is 0 Å². The van der Waals surface area contributed by atoms with Crippen molar-refractivity contribution in [3.63, 3.8) is 0 Å². The van der Waals surface area contributed by atoms with Crippen LogP contribution in [-0.2, 0) is 0 Å². The third kappa shape index (κ3) is 1.24. The van der Waals surface area contributed by atoms with E-state index in [0.717, 1.165) is 10.0 Å². The zero-order valence-electron chi connectivity index (χ0n) is 4.98. The Hall–Kier alpha value is -0.500. The van der Waals surface area contributed by atoms with Gasteiger partial charge in [0.05, 0.1) is 0 Å². The molecule has 0 saturated heterocycles. The van der Waals surface area contributed by atoms with Crippen LogP contribution in [0.3, 0.4) is 0 Å². The Kier molecular flexibility index (Phi) is 1.76. The maximum absolute atomic E-state index is 9.01. The quantitative estimate of drug-likeness (QED) is 0.658. The minimum absolute atomic E-state index is 0.212. The van der Waals surface area contributed by atoms with Crippen LogP contribution in [0.5, 0.6) is 5.75 Å². The second-order valence-corrected chi connectivity index (χ2v) is 2.65. The van der Waals surface area contributed by atoms with Crippen LogP contribution in [0.15, 0.2) is 16.6 Å². The first kappa shape index (κ1) is 6.62. The van der Waals surface area contributed by atoms with Crippen LogP contribution in [0.2, 0.25) is 0 Å². The van der Waals surface area contributed by atoms with Crippen LogP contribution in [0.4, 0.5) is 0 Å². The van der Waals surface area contributed by atoms with E-state index in [1.807, 2.05) is 13.0 Å². The summed E-state index contributed by atoms with van der Waals surface area (Å²) in [4.78, 5) is 0. The Morgan fingerprint density at radius 1 is 1.67 bits per heavy atom. The lowest BCUT2D eigenvalue weighted by Crippen LogP contribution is -1.74. The maximum Gasteiger partial charge on any atom is 0.127 e. The monoisotopic (exact) mass is 185 g/mol. The van der Waals surface area contributed by atoms with Crippen molar-refractivity contribution < 1.29 is 5.11 Å². The van der Waals surface area contributed by atoms with Gasteiger partial charge in [0.1, 0.15) is 5.75 Å². The molecule has 47 valence electrons. The van der Waals surface area contributed by atoms with Gasteiger partial charge in [-0.15, -0.1) is 0 Å². The molecule has 0 unspecified atom stereocenters. The fraction of sp³-hybridized carbons (Fsp3) is 0.143. The molecular weight excluding hydrogens is 180 g/mol. The Balaban J connectivity index is 3.25. The van der Waals surface area contributed by atoms with E-state index in [2.05, 4.69) is 22.0 Å². The van der Waals surface area contributed by atoms with Crippen molar-refractivity contribution in [2.24, 2.45) is 0 Å². The molecule has 2 heteroatoms. The number of rotatable bonds is 0. The molecular formula is C7H6BrO. The summed E-state index contributed by atoms with van der Waals surface area (Å²) in [5.41, 5.74) is 0.831. The first-order valence-corrected chi connectivity index (χ1v) is 3.37. The Morgan fingerprint density at radius 3 is 2.78 bits per heavy atom. The standard InChI is InChI=1S/C7H6BrO/c1-5-6(8)3-2-4-7(5)9/h2-3,9H,1H3. The van der Waals surface area contributed by atoms with Crippen LogP contribution in [0.25, 0.3) is 0 Å². The van der Waals surface area contributed by atoms with Gasteiger partial charge in [-0.3, -0.25) is 0 Å². The molecule has 0 spiro atoms. The lowest BCUT2D eigenvalue weighted by Gasteiger charge is -1.97. The first-order chi connectivity index (χ1) is 4.22. The molecule has 9 heavy (non-hydrogen) atoms. The largest absolute Gasteiger partial charge is 0.507 e. The molecule has 1 radical (unpaired) electrons. The summed E-state index contributed by atoms with van der Waals surface area (Å²) in [7, 11) is 0. The van der Waals surface area contributed by atoms with E-state index in [0.29, 0.717) is 0 Å². The minimum atomic E-state index is 0.212. The molecule has 0 aliphatic rings. The van der Waals surface area contributed by atoms with Crippen LogP contribution in [-0.4, -0.2) is 5.11 Å². The summed E-state index contributed by atoms with van der Waals surface area (Å²) in [6.07, 6.45) is 0. The van der Waals surface area contributed by atoms with Gasteiger partial charge in [0, 0.05) is 16.1 Å². The lowest BCUT2D eigenvalue weighted by molar-refractivity contribution is 0.469. The van der Waals surface area contributed by atoms with Gasteiger partial charge in [0.15, 0.2) is 0 Å². The van der Waals surface area contributed by atoms with Crippen LogP contribution >= 0.6 is 15.9 Å². The lowest BCUT2D eigenvalue weighted by atomic mass is 10.2. The summed E-state index contributed by atoms with van der Waals surface area (Å²) < 4.78 is 0.916. The number of phenolic OH excluding ortho intramolecular Hbond substituents is 1. The smallest absolute Gasteiger partial charge is 0.127 e. The number of halogens is 1. The molecule has 0 fully saturated rings. The molecule has 0 amide bonds. The van der Waals surface area contributed by atoms with E-state index in [4.69, 9.17) is 5.11 Å². The van der Waals surface area contributed by atoms with Gasteiger partial charge in [0.2, 0.25) is 0 Å². The topological polar surface area (TPSA) is 20.2 Å². The molecule has 1 aromatic carbocycles. The minimum Gasteiger partial charge on any atom is -0.507 e. The van der Waals surface area contributed by atoms with Crippen molar-refractivity contribution in [3.05, 3.63) is 28.2 Å². The van der Waals surface area contributed by atoms with Gasteiger partial charge < -0.3 is 5.11 Å². The summed E-state index contributed by atoms with van der Waals surface area (Å²) in [5, 5.41) is 9.01. The Morgan fingerprint density at radius 2 is 2.33 bits per heavy atom. The zero-order valence-corrected chi connectivity index (χ0v) is 6.57. The molecule has 0 atom stereocenters.